The fourth-order valence-electron chi connectivity index (χ4n) is 1.76. The number of nitrogens with one attached hydrogen (secondary N) is 2. The molecule has 1 atom stereocenters. The highest BCUT2D eigenvalue weighted by Crippen LogP contribution is 2.17. The van der Waals surface area contributed by atoms with Gasteiger partial charge in [0.25, 0.3) is 0 Å². The van der Waals surface area contributed by atoms with Crippen LogP contribution in [0, 0.1) is 0 Å². The molecule has 0 saturated heterocycles. The minimum absolute atomic E-state index is 0.142. The van der Waals surface area contributed by atoms with Crippen molar-refractivity contribution in [2.24, 2.45) is 0 Å². The molecular weight excluding hydrogens is 348 g/mol. The molecule has 0 saturated carbocycles. The van der Waals surface area contributed by atoms with Crippen molar-refractivity contribution in [1.29, 1.82) is 0 Å². The van der Waals surface area contributed by atoms with Gasteiger partial charge in [0.2, 0.25) is 11.8 Å². The van der Waals surface area contributed by atoms with E-state index >= 15 is 0 Å². The molecule has 0 heterocycles. The van der Waals surface area contributed by atoms with E-state index in [4.69, 9.17) is 4.74 Å². The van der Waals surface area contributed by atoms with Gasteiger partial charge < -0.3 is 15.4 Å². The lowest BCUT2D eigenvalue weighted by Gasteiger charge is -2.13. The summed E-state index contributed by atoms with van der Waals surface area (Å²) >= 11 is 3.37. The topological polar surface area (TPSA) is 67.4 Å². The summed E-state index contributed by atoms with van der Waals surface area (Å²) in [6, 6.07) is 7.05. The Labute approximate surface area is 139 Å². The van der Waals surface area contributed by atoms with Gasteiger partial charge in [-0.05, 0) is 38.0 Å². The molecule has 22 heavy (non-hydrogen) atoms. The standard InChI is InChI=1S/C16H23BrN2O3/c1-3-9-18-16(21)12(2)19-15(20)8-5-10-22-14-7-4-6-13(17)11-14/h4,6-7,11-12H,3,5,8-10H2,1-2H3,(H,18,21)(H,19,20). The largest absolute Gasteiger partial charge is 0.494 e. The summed E-state index contributed by atoms with van der Waals surface area (Å²) in [6.45, 7) is 4.75. The summed E-state index contributed by atoms with van der Waals surface area (Å²) < 4.78 is 6.51. The van der Waals surface area contributed by atoms with Crippen molar-refractivity contribution in [1.82, 2.24) is 10.6 Å². The molecule has 5 nitrogen and oxygen atoms in total. The Bertz CT molecular complexity index is 494. The van der Waals surface area contributed by atoms with E-state index < -0.39 is 6.04 Å². The Morgan fingerprint density at radius 1 is 1.36 bits per heavy atom. The second-order valence-corrected chi connectivity index (χ2v) is 5.91. The van der Waals surface area contributed by atoms with Crippen molar-refractivity contribution in [2.45, 2.75) is 39.2 Å². The quantitative estimate of drug-likeness (QED) is 0.656. The lowest BCUT2D eigenvalue weighted by molar-refractivity contribution is -0.128. The first kappa shape index (κ1) is 18.5. The van der Waals surface area contributed by atoms with E-state index in [2.05, 4.69) is 26.6 Å². The molecule has 1 aromatic rings. The zero-order chi connectivity index (χ0) is 16.4. The number of carbonyl (C=O) groups excluding carboxylic acids is 2. The number of amides is 2. The van der Waals surface area contributed by atoms with Gasteiger partial charge in [-0.25, -0.2) is 0 Å². The average molecular weight is 371 g/mol. The van der Waals surface area contributed by atoms with E-state index in [9.17, 15) is 9.59 Å². The number of ether oxygens (including phenoxy) is 1. The molecule has 6 heteroatoms. The minimum Gasteiger partial charge on any atom is -0.494 e. The van der Waals surface area contributed by atoms with Gasteiger partial charge in [0.1, 0.15) is 11.8 Å². The van der Waals surface area contributed by atoms with Crippen LogP contribution in [-0.4, -0.2) is 31.0 Å². The highest BCUT2D eigenvalue weighted by atomic mass is 79.9. The smallest absolute Gasteiger partial charge is 0.242 e. The molecule has 0 aliphatic heterocycles. The van der Waals surface area contributed by atoms with Crippen LogP contribution in [0.2, 0.25) is 0 Å². The molecule has 2 amide bonds. The van der Waals surface area contributed by atoms with Gasteiger partial charge in [0.15, 0.2) is 0 Å². The van der Waals surface area contributed by atoms with Gasteiger partial charge in [0, 0.05) is 17.4 Å². The Kier molecular flexibility index (Phi) is 8.58. The first-order chi connectivity index (χ1) is 10.5. The van der Waals surface area contributed by atoms with Crippen molar-refractivity contribution in [3.63, 3.8) is 0 Å². The molecule has 1 rings (SSSR count). The summed E-state index contributed by atoms with van der Waals surface area (Å²) in [5.41, 5.74) is 0. The summed E-state index contributed by atoms with van der Waals surface area (Å²) in [7, 11) is 0. The predicted molar refractivity (Wildman–Crippen MR) is 89.8 cm³/mol. The fraction of sp³-hybridized carbons (Fsp3) is 0.500. The van der Waals surface area contributed by atoms with E-state index in [1.54, 1.807) is 6.92 Å². The van der Waals surface area contributed by atoms with Crippen molar-refractivity contribution >= 4 is 27.7 Å². The van der Waals surface area contributed by atoms with E-state index in [1.807, 2.05) is 31.2 Å². The predicted octanol–water partition coefficient (Wildman–Crippen LogP) is 2.64. The third-order valence-electron chi connectivity index (χ3n) is 2.93. The number of hydrogen-bond acceptors (Lipinski definition) is 3. The van der Waals surface area contributed by atoms with Gasteiger partial charge in [0.05, 0.1) is 6.61 Å². The van der Waals surface area contributed by atoms with E-state index in [0.717, 1.165) is 16.6 Å². The highest BCUT2D eigenvalue weighted by molar-refractivity contribution is 9.10. The van der Waals surface area contributed by atoms with Crippen LogP contribution in [-0.2, 0) is 9.59 Å². The van der Waals surface area contributed by atoms with Gasteiger partial charge >= 0.3 is 0 Å². The zero-order valence-electron chi connectivity index (χ0n) is 13.0. The fourth-order valence-corrected chi connectivity index (χ4v) is 2.14. The number of halogens is 1. The maximum atomic E-state index is 11.7. The number of hydrogen-bond donors (Lipinski definition) is 2. The Morgan fingerprint density at radius 2 is 2.14 bits per heavy atom. The second-order valence-electron chi connectivity index (χ2n) is 4.99. The zero-order valence-corrected chi connectivity index (χ0v) is 14.6. The molecule has 0 spiro atoms. The highest BCUT2D eigenvalue weighted by Gasteiger charge is 2.14. The summed E-state index contributed by atoms with van der Waals surface area (Å²) in [5, 5.41) is 5.43. The van der Waals surface area contributed by atoms with Crippen LogP contribution in [0.4, 0.5) is 0 Å². The molecule has 0 aliphatic rings. The van der Waals surface area contributed by atoms with Crippen LogP contribution in [0.5, 0.6) is 5.75 Å². The second kappa shape index (κ2) is 10.2. The molecule has 0 aromatic heterocycles. The summed E-state index contributed by atoms with van der Waals surface area (Å²) in [6.07, 6.45) is 1.81. The SMILES string of the molecule is CCCNC(=O)C(C)NC(=O)CCCOc1cccc(Br)c1. The van der Waals surface area contributed by atoms with Crippen molar-refractivity contribution < 1.29 is 14.3 Å². The first-order valence-electron chi connectivity index (χ1n) is 7.48. The van der Waals surface area contributed by atoms with Gasteiger partial charge in [-0.3, -0.25) is 9.59 Å². The Hall–Kier alpha value is -1.56. The number of carbonyl (C=O) groups is 2. The van der Waals surface area contributed by atoms with E-state index in [1.165, 1.54) is 0 Å². The lowest BCUT2D eigenvalue weighted by Crippen LogP contribution is -2.45. The van der Waals surface area contributed by atoms with Crippen LogP contribution >= 0.6 is 15.9 Å². The molecule has 1 unspecified atom stereocenters. The molecule has 0 bridgehead atoms. The average Bonchev–Trinajstić information content (AvgIpc) is 2.49. The number of benzene rings is 1. The maximum Gasteiger partial charge on any atom is 0.242 e. The normalized spacial score (nSPS) is 11.6. The van der Waals surface area contributed by atoms with Crippen molar-refractivity contribution in [2.75, 3.05) is 13.2 Å². The van der Waals surface area contributed by atoms with E-state index in [-0.39, 0.29) is 11.8 Å². The molecule has 1 aromatic carbocycles. The van der Waals surface area contributed by atoms with Crippen LogP contribution in [0.15, 0.2) is 28.7 Å². The van der Waals surface area contributed by atoms with Crippen LogP contribution < -0.4 is 15.4 Å². The number of rotatable bonds is 9. The maximum absolute atomic E-state index is 11.7. The van der Waals surface area contributed by atoms with Crippen LogP contribution in [0.3, 0.4) is 0 Å². The lowest BCUT2D eigenvalue weighted by atomic mass is 10.2. The third kappa shape index (κ3) is 7.45. The summed E-state index contributed by atoms with van der Waals surface area (Å²) in [4.78, 5) is 23.4. The Balaban J connectivity index is 2.19. The van der Waals surface area contributed by atoms with Crippen molar-refractivity contribution in [3.8, 4) is 5.75 Å². The van der Waals surface area contributed by atoms with Gasteiger partial charge in [-0.1, -0.05) is 28.9 Å². The summed E-state index contributed by atoms with van der Waals surface area (Å²) in [5.74, 6) is 0.472. The molecule has 2 N–H and O–H groups in total. The van der Waals surface area contributed by atoms with Crippen molar-refractivity contribution in [3.05, 3.63) is 28.7 Å². The molecule has 0 aliphatic carbocycles. The van der Waals surface area contributed by atoms with Crippen LogP contribution in [0.25, 0.3) is 0 Å². The Morgan fingerprint density at radius 3 is 2.82 bits per heavy atom. The molecule has 0 fully saturated rings. The van der Waals surface area contributed by atoms with Gasteiger partial charge in [-0.15, -0.1) is 0 Å². The molecular formula is C16H23BrN2O3. The molecule has 0 radical (unpaired) electrons. The first-order valence-corrected chi connectivity index (χ1v) is 8.27. The van der Waals surface area contributed by atoms with Gasteiger partial charge in [-0.2, -0.15) is 0 Å². The van der Waals surface area contributed by atoms with E-state index in [0.29, 0.717) is 26.0 Å². The minimum atomic E-state index is -0.509. The molecule has 122 valence electrons. The third-order valence-corrected chi connectivity index (χ3v) is 3.43. The monoisotopic (exact) mass is 370 g/mol. The van der Waals surface area contributed by atoms with Crippen LogP contribution in [0.1, 0.15) is 33.1 Å².